The highest BCUT2D eigenvalue weighted by atomic mass is 32.2. The minimum atomic E-state index is -3.30. The number of benzene rings is 1. The number of nitro groups is 1. The highest BCUT2D eigenvalue weighted by Crippen LogP contribution is 2.22. The van der Waals surface area contributed by atoms with E-state index in [1.54, 1.807) is 18.2 Å². The molecule has 1 rings (SSSR count). The number of hydrogen-bond donors (Lipinski definition) is 1. The van der Waals surface area contributed by atoms with Crippen molar-refractivity contribution in [2.24, 2.45) is 0 Å². The maximum absolute atomic E-state index is 11.5. The van der Waals surface area contributed by atoms with Gasteiger partial charge in [-0.2, -0.15) is 0 Å². The van der Waals surface area contributed by atoms with Crippen molar-refractivity contribution < 1.29 is 13.3 Å². The molecule has 0 unspecified atom stereocenters. The van der Waals surface area contributed by atoms with Gasteiger partial charge in [0.05, 0.1) is 10.7 Å². The average Bonchev–Trinajstić information content (AvgIpc) is 2.29. The lowest BCUT2D eigenvalue weighted by atomic mass is 10.2. The van der Waals surface area contributed by atoms with E-state index in [2.05, 4.69) is 5.32 Å². The van der Waals surface area contributed by atoms with Crippen molar-refractivity contribution in [2.45, 2.75) is 0 Å². The molecule has 7 nitrogen and oxygen atoms in total. The molecule has 0 aromatic heterocycles. The summed E-state index contributed by atoms with van der Waals surface area (Å²) in [6, 6.07) is 6.11. The Balaban J connectivity index is 2.68. The molecule has 1 aromatic carbocycles. The molecule has 1 aromatic rings. The number of rotatable bonds is 6. The van der Waals surface area contributed by atoms with Crippen LogP contribution < -0.4 is 5.32 Å². The molecule has 0 fully saturated rings. The smallest absolute Gasteiger partial charge is 0.292 e. The summed E-state index contributed by atoms with van der Waals surface area (Å²) >= 11 is 0. The van der Waals surface area contributed by atoms with Crippen molar-refractivity contribution in [3.63, 3.8) is 0 Å². The summed E-state index contributed by atoms with van der Waals surface area (Å²) in [4.78, 5) is 10.2. The third-order valence-corrected chi connectivity index (χ3v) is 4.17. The number of hydrogen-bond acceptors (Lipinski definition) is 5. The van der Waals surface area contributed by atoms with E-state index in [-0.39, 0.29) is 18.0 Å². The van der Waals surface area contributed by atoms with Crippen molar-refractivity contribution in [1.82, 2.24) is 4.31 Å². The highest BCUT2D eigenvalue weighted by Gasteiger charge is 2.15. The number of para-hydroxylation sites is 2. The summed E-state index contributed by atoms with van der Waals surface area (Å²) in [5, 5.41) is 13.5. The maximum Gasteiger partial charge on any atom is 0.292 e. The van der Waals surface area contributed by atoms with E-state index >= 15 is 0 Å². The Bertz CT molecular complexity index is 528. The highest BCUT2D eigenvalue weighted by molar-refractivity contribution is 7.89. The van der Waals surface area contributed by atoms with Crippen LogP contribution in [0.15, 0.2) is 24.3 Å². The van der Waals surface area contributed by atoms with Crippen LogP contribution in [0, 0.1) is 10.1 Å². The first kappa shape index (κ1) is 14.4. The van der Waals surface area contributed by atoms with Crippen molar-refractivity contribution >= 4 is 21.4 Å². The lowest BCUT2D eigenvalue weighted by Gasteiger charge is -2.12. The van der Waals surface area contributed by atoms with Crippen LogP contribution in [0.25, 0.3) is 0 Å². The zero-order valence-corrected chi connectivity index (χ0v) is 11.0. The first-order valence-electron chi connectivity index (χ1n) is 5.22. The lowest BCUT2D eigenvalue weighted by molar-refractivity contribution is -0.384. The van der Waals surface area contributed by atoms with Crippen molar-refractivity contribution in [2.75, 3.05) is 31.7 Å². The first-order valence-corrected chi connectivity index (χ1v) is 6.83. The average molecular weight is 273 g/mol. The van der Waals surface area contributed by atoms with Gasteiger partial charge in [-0.25, -0.2) is 12.7 Å². The summed E-state index contributed by atoms with van der Waals surface area (Å²) in [7, 11) is -0.411. The number of nitrogens with zero attached hydrogens (tertiary/aromatic N) is 2. The summed E-state index contributed by atoms with van der Waals surface area (Å²) in [6.07, 6.45) is 0. The van der Waals surface area contributed by atoms with Gasteiger partial charge < -0.3 is 5.32 Å². The number of sulfonamides is 1. The summed E-state index contributed by atoms with van der Waals surface area (Å²) in [6.45, 7) is 0.116. The van der Waals surface area contributed by atoms with E-state index in [0.717, 1.165) is 4.31 Å². The molecule has 0 bridgehead atoms. The Kier molecular flexibility index (Phi) is 4.62. The number of anilines is 1. The normalized spacial score (nSPS) is 11.5. The van der Waals surface area contributed by atoms with Gasteiger partial charge in [-0.05, 0) is 6.07 Å². The minimum absolute atomic E-state index is 0.0697. The molecule has 18 heavy (non-hydrogen) atoms. The monoisotopic (exact) mass is 273 g/mol. The van der Waals surface area contributed by atoms with Gasteiger partial charge in [-0.15, -0.1) is 0 Å². The molecular weight excluding hydrogens is 258 g/mol. The van der Waals surface area contributed by atoms with Gasteiger partial charge in [0.1, 0.15) is 5.69 Å². The Morgan fingerprint density at radius 3 is 2.50 bits per heavy atom. The lowest BCUT2D eigenvalue weighted by Crippen LogP contribution is -2.28. The van der Waals surface area contributed by atoms with Crippen molar-refractivity contribution in [3.05, 3.63) is 34.4 Å². The minimum Gasteiger partial charge on any atom is -0.378 e. The molecule has 0 radical (unpaired) electrons. The van der Waals surface area contributed by atoms with Gasteiger partial charge >= 0.3 is 0 Å². The molecule has 100 valence electrons. The Hall–Kier alpha value is -1.67. The summed E-state index contributed by atoms with van der Waals surface area (Å²) in [5.41, 5.74) is 0.246. The molecule has 0 aliphatic carbocycles. The molecule has 0 saturated heterocycles. The largest absolute Gasteiger partial charge is 0.378 e. The van der Waals surface area contributed by atoms with Crippen LogP contribution in [-0.2, 0) is 10.0 Å². The van der Waals surface area contributed by atoms with Crippen LogP contribution in [-0.4, -0.2) is 44.0 Å². The third kappa shape index (κ3) is 3.67. The molecular formula is C10H15N3O4S. The summed E-state index contributed by atoms with van der Waals surface area (Å²) in [5.74, 6) is -0.119. The van der Waals surface area contributed by atoms with Crippen LogP contribution >= 0.6 is 0 Å². The maximum atomic E-state index is 11.5. The second kappa shape index (κ2) is 5.78. The van der Waals surface area contributed by atoms with Crippen molar-refractivity contribution in [1.29, 1.82) is 0 Å². The molecule has 1 N–H and O–H groups in total. The molecule has 8 heteroatoms. The van der Waals surface area contributed by atoms with Gasteiger partial charge in [0, 0.05) is 26.7 Å². The van der Waals surface area contributed by atoms with Crippen LogP contribution in [0.4, 0.5) is 11.4 Å². The Morgan fingerprint density at radius 1 is 1.33 bits per heavy atom. The number of nitrogens with one attached hydrogen (secondary N) is 1. The SMILES string of the molecule is CN(C)S(=O)(=O)CCNc1ccccc1[N+](=O)[O-]. The van der Waals surface area contributed by atoms with Crippen molar-refractivity contribution in [3.8, 4) is 0 Å². The predicted octanol–water partition coefficient (Wildman–Crippen LogP) is 0.898. The van der Waals surface area contributed by atoms with Crippen LogP contribution in [0.2, 0.25) is 0 Å². The van der Waals surface area contributed by atoms with E-state index < -0.39 is 14.9 Å². The second-order valence-corrected chi connectivity index (χ2v) is 6.10. The van der Waals surface area contributed by atoms with Gasteiger partial charge in [0.15, 0.2) is 0 Å². The van der Waals surface area contributed by atoms with Gasteiger partial charge in [0.2, 0.25) is 10.0 Å². The molecule has 0 spiro atoms. The molecule has 0 amide bonds. The standard InChI is InChI=1S/C10H15N3O4S/c1-12(2)18(16,17)8-7-11-9-5-3-4-6-10(9)13(14)15/h3-6,11H,7-8H2,1-2H3. The quantitative estimate of drug-likeness (QED) is 0.614. The molecule has 0 aliphatic rings. The molecule has 0 heterocycles. The Morgan fingerprint density at radius 2 is 1.94 bits per heavy atom. The Labute approximate surface area is 106 Å². The van der Waals surface area contributed by atoms with Crippen LogP contribution in [0.1, 0.15) is 0 Å². The summed E-state index contributed by atoms with van der Waals surface area (Å²) < 4.78 is 24.1. The van der Waals surface area contributed by atoms with E-state index in [1.807, 2.05) is 0 Å². The zero-order valence-electron chi connectivity index (χ0n) is 10.2. The fourth-order valence-electron chi connectivity index (χ4n) is 1.28. The van der Waals surface area contributed by atoms with E-state index in [1.165, 1.54) is 20.2 Å². The first-order chi connectivity index (χ1) is 8.34. The zero-order chi connectivity index (χ0) is 13.8. The van der Waals surface area contributed by atoms with E-state index in [9.17, 15) is 18.5 Å². The fraction of sp³-hybridized carbons (Fsp3) is 0.400. The number of nitro benzene ring substituents is 1. The predicted molar refractivity (Wildman–Crippen MR) is 69.1 cm³/mol. The molecule has 0 saturated carbocycles. The van der Waals surface area contributed by atoms with Gasteiger partial charge in [-0.1, -0.05) is 12.1 Å². The van der Waals surface area contributed by atoms with E-state index in [4.69, 9.17) is 0 Å². The van der Waals surface area contributed by atoms with Crippen LogP contribution in [0.3, 0.4) is 0 Å². The topological polar surface area (TPSA) is 92.6 Å². The molecule has 0 aliphatic heterocycles. The van der Waals surface area contributed by atoms with Gasteiger partial charge in [0.25, 0.3) is 5.69 Å². The van der Waals surface area contributed by atoms with Crippen LogP contribution in [0.5, 0.6) is 0 Å². The molecule has 0 atom stereocenters. The van der Waals surface area contributed by atoms with E-state index in [0.29, 0.717) is 5.69 Å². The fourth-order valence-corrected chi connectivity index (χ4v) is 2.00. The second-order valence-electron chi connectivity index (χ2n) is 3.80. The third-order valence-electron chi connectivity index (χ3n) is 2.33. The van der Waals surface area contributed by atoms with Gasteiger partial charge in [-0.3, -0.25) is 10.1 Å².